The number of rotatable bonds is 9. The van der Waals surface area contributed by atoms with Crippen LogP contribution in [-0.2, 0) is 0 Å². The molecule has 2 unspecified atom stereocenters. The molecule has 0 aliphatic carbocycles. The summed E-state index contributed by atoms with van der Waals surface area (Å²) in [4.78, 5) is 2.62. The third-order valence-electron chi connectivity index (χ3n) is 4.20. The summed E-state index contributed by atoms with van der Waals surface area (Å²) in [6, 6.07) is 10.5. The third-order valence-corrected chi connectivity index (χ3v) is 4.20. The molecule has 0 aliphatic rings. The lowest BCUT2D eigenvalue weighted by Gasteiger charge is -2.38. The van der Waals surface area contributed by atoms with Crippen LogP contribution in [0.15, 0.2) is 24.3 Å². The summed E-state index contributed by atoms with van der Waals surface area (Å²) in [6.45, 7) is 15.9. The minimum absolute atomic E-state index is 0.402. The molecule has 0 heterocycles. The van der Waals surface area contributed by atoms with Crippen LogP contribution in [-0.4, -0.2) is 30.1 Å². The molecule has 0 bridgehead atoms. The minimum atomic E-state index is 0.402. The second-order valence-corrected chi connectivity index (χ2v) is 6.41. The molecule has 0 aliphatic heterocycles. The highest BCUT2D eigenvalue weighted by molar-refractivity contribution is 5.25. The summed E-state index contributed by atoms with van der Waals surface area (Å²) >= 11 is 0. The molecule has 0 aromatic heterocycles. The second-order valence-electron chi connectivity index (χ2n) is 6.41. The van der Waals surface area contributed by atoms with Crippen molar-refractivity contribution in [1.82, 2.24) is 10.2 Å². The predicted molar refractivity (Wildman–Crippen MR) is 93.8 cm³/mol. The molecule has 2 atom stereocenters. The van der Waals surface area contributed by atoms with Crippen LogP contribution in [0.4, 0.5) is 0 Å². The lowest BCUT2D eigenvalue weighted by molar-refractivity contribution is 0.131. The van der Waals surface area contributed by atoms with E-state index in [1.165, 1.54) is 24.0 Å². The fourth-order valence-corrected chi connectivity index (χ4v) is 3.02. The van der Waals surface area contributed by atoms with Gasteiger partial charge in [-0.15, -0.1) is 0 Å². The quantitative estimate of drug-likeness (QED) is 0.718. The van der Waals surface area contributed by atoms with Gasteiger partial charge in [0.25, 0.3) is 0 Å². The van der Waals surface area contributed by atoms with Crippen molar-refractivity contribution >= 4 is 0 Å². The zero-order valence-electron chi connectivity index (χ0n) is 14.8. The molecule has 0 saturated carbocycles. The van der Waals surface area contributed by atoms with Gasteiger partial charge in [0.15, 0.2) is 0 Å². The molecule has 2 nitrogen and oxygen atoms in total. The molecular weight excluding hydrogens is 256 g/mol. The highest BCUT2D eigenvalue weighted by atomic mass is 15.2. The van der Waals surface area contributed by atoms with E-state index in [9.17, 15) is 0 Å². The van der Waals surface area contributed by atoms with Gasteiger partial charge in [-0.05, 0) is 59.2 Å². The van der Waals surface area contributed by atoms with E-state index in [0.717, 1.165) is 13.1 Å². The van der Waals surface area contributed by atoms with Crippen LogP contribution in [0.1, 0.15) is 64.6 Å². The van der Waals surface area contributed by atoms with Gasteiger partial charge < -0.3 is 5.32 Å². The van der Waals surface area contributed by atoms with Crippen LogP contribution in [0.2, 0.25) is 0 Å². The van der Waals surface area contributed by atoms with Crippen LogP contribution in [0.3, 0.4) is 0 Å². The number of nitrogens with one attached hydrogen (secondary N) is 1. The topological polar surface area (TPSA) is 15.3 Å². The van der Waals surface area contributed by atoms with Gasteiger partial charge in [0.1, 0.15) is 0 Å². The maximum atomic E-state index is 3.76. The number of benzene rings is 1. The standard InChI is InChI=1S/C19H34N2/c1-7-13-20-19(18-11-9-16(5)10-12-18)17(6)21(14-8-2)15(3)4/h9-12,15,17,19-20H,7-8,13-14H2,1-6H3. The van der Waals surface area contributed by atoms with E-state index in [0.29, 0.717) is 18.1 Å². The average Bonchev–Trinajstić information content (AvgIpc) is 2.46. The Kier molecular flexibility index (Phi) is 7.98. The summed E-state index contributed by atoms with van der Waals surface area (Å²) in [5, 5.41) is 3.76. The summed E-state index contributed by atoms with van der Waals surface area (Å²) in [5.41, 5.74) is 2.73. The monoisotopic (exact) mass is 290 g/mol. The van der Waals surface area contributed by atoms with Crippen LogP contribution < -0.4 is 5.32 Å². The zero-order chi connectivity index (χ0) is 15.8. The van der Waals surface area contributed by atoms with E-state index >= 15 is 0 Å². The van der Waals surface area contributed by atoms with Crippen LogP contribution in [0, 0.1) is 6.92 Å². The van der Waals surface area contributed by atoms with Gasteiger partial charge in [-0.2, -0.15) is 0 Å². The van der Waals surface area contributed by atoms with Gasteiger partial charge >= 0.3 is 0 Å². The van der Waals surface area contributed by atoms with Crippen molar-refractivity contribution in [2.24, 2.45) is 0 Å². The van der Waals surface area contributed by atoms with Crippen LogP contribution in [0.25, 0.3) is 0 Å². The molecule has 0 fully saturated rings. The first-order chi connectivity index (χ1) is 10.0. The van der Waals surface area contributed by atoms with Gasteiger partial charge in [-0.1, -0.05) is 43.7 Å². The summed E-state index contributed by atoms with van der Waals surface area (Å²) in [7, 11) is 0. The number of nitrogens with zero attached hydrogens (tertiary/aromatic N) is 1. The van der Waals surface area contributed by atoms with Crippen molar-refractivity contribution in [3.05, 3.63) is 35.4 Å². The van der Waals surface area contributed by atoms with E-state index in [1.54, 1.807) is 0 Å². The van der Waals surface area contributed by atoms with E-state index in [4.69, 9.17) is 0 Å². The molecule has 0 radical (unpaired) electrons. The molecule has 21 heavy (non-hydrogen) atoms. The minimum Gasteiger partial charge on any atom is -0.309 e. The molecule has 2 heteroatoms. The molecule has 0 spiro atoms. The Morgan fingerprint density at radius 2 is 1.62 bits per heavy atom. The first kappa shape index (κ1) is 18.2. The molecule has 1 aromatic rings. The van der Waals surface area contributed by atoms with Gasteiger partial charge in [0.2, 0.25) is 0 Å². The van der Waals surface area contributed by atoms with E-state index < -0.39 is 0 Å². The molecule has 1 N–H and O–H groups in total. The predicted octanol–water partition coefficient (Wildman–Crippen LogP) is 4.54. The average molecular weight is 290 g/mol. The Morgan fingerprint density at radius 1 is 1.00 bits per heavy atom. The molecule has 120 valence electrons. The Balaban J connectivity index is 2.96. The van der Waals surface area contributed by atoms with Crippen LogP contribution in [0.5, 0.6) is 0 Å². The SMILES string of the molecule is CCCNC(c1ccc(C)cc1)C(C)N(CCC)C(C)C. The maximum absolute atomic E-state index is 3.76. The molecule has 0 amide bonds. The fraction of sp³-hybridized carbons (Fsp3) is 0.684. The first-order valence-corrected chi connectivity index (χ1v) is 8.56. The smallest absolute Gasteiger partial charge is 0.0475 e. The molecule has 0 saturated heterocycles. The van der Waals surface area contributed by atoms with Crippen molar-refractivity contribution in [2.75, 3.05) is 13.1 Å². The third kappa shape index (κ3) is 5.44. The molecule has 1 rings (SSSR count). The Hall–Kier alpha value is -0.860. The van der Waals surface area contributed by atoms with Crippen molar-refractivity contribution in [3.63, 3.8) is 0 Å². The van der Waals surface area contributed by atoms with Gasteiger partial charge in [0, 0.05) is 18.1 Å². The fourth-order valence-electron chi connectivity index (χ4n) is 3.02. The Morgan fingerprint density at radius 3 is 2.10 bits per heavy atom. The zero-order valence-corrected chi connectivity index (χ0v) is 14.8. The highest BCUT2D eigenvalue weighted by Crippen LogP contribution is 2.23. The lowest BCUT2D eigenvalue weighted by atomic mass is 9.97. The Labute approximate surface area is 131 Å². The Bertz CT molecular complexity index is 383. The summed E-state index contributed by atoms with van der Waals surface area (Å²) in [5.74, 6) is 0. The summed E-state index contributed by atoms with van der Waals surface area (Å²) < 4.78 is 0. The molecule has 1 aromatic carbocycles. The highest BCUT2D eigenvalue weighted by Gasteiger charge is 2.25. The van der Waals surface area contributed by atoms with Gasteiger partial charge in [0.05, 0.1) is 0 Å². The summed E-state index contributed by atoms with van der Waals surface area (Å²) in [6.07, 6.45) is 2.38. The van der Waals surface area contributed by atoms with Crippen LogP contribution >= 0.6 is 0 Å². The van der Waals surface area contributed by atoms with Gasteiger partial charge in [-0.25, -0.2) is 0 Å². The lowest BCUT2D eigenvalue weighted by Crippen LogP contribution is -2.46. The largest absolute Gasteiger partial charge is 0.309 e. The normalized spacial score (nSPS) is 14.7. The van der Waals surface area contributed by atoms with E-state index in [2.05, 4.69) is 76.0 Å². The van der Waals surface area contributed by atoms with Crippen molar-refractivity contribution in [3.8, 4) is 0 Å². The first-order valence-electron chi connectivity index (χ1n) is 8.56. The van der Waals surface area contributed by atoms with E-state index in [1.807, 2.05) is 0 Å². The number of hydrogen-bond donors (Lipinski definition) is 1. The van der Waals surface area contributed by atoms with Crippen molar-refractivity contribution in [1.29, 1.82) is 0 Å². The van der Waals surface area contributed by atoms with Crippen molar-refractivity contribution < 1.29 is 0 Å². The maximum Gasteiger partial charge on any atom is 0.0475 e. The number of aryl methyl sites for hydroxylation is 1. The molecular formula is C19H34N2. The van der Waals surface area contributed by atoms with Gasteiger partial charge in [-0.3, -0.25) is 4.90 Å². The second kappa shape index (κ2) is 9.22. The van der Waals surface area contributed by atoms with Crippen molar-refractivity contribution in [2.45, 2.75) is 72.5 Å². The van der Waals surface area contributed by atoms with E-state index in [-0.39, 0.29) is 0 Å². The number of hydrogen-bond acceptors (Lipinski definition) is 2.